The van der Waals surface area contributed by atoms with Crippen LogP contribution < -0.4 is 9.62 Å². The monoisotopic (exact) mass is 580 g/mol. The zero-order valence-electron chi connectivity index (χ0n) is 23.9. The van der Waals surface area contributed by atoms with Crippen molar-refractivity contribution in [3.8, 4) is 0 Å². The van der Waals surface area contributed by atoms with Gasteiger partial charge in [0, 0.05) is 31.1 Å². The fourth-order valence-electron chi connectivity index (χ4n) is 4.48. The third-order valence-corrected chi connectivity index (χ3v) is 7.78. The largest absolute Gasteiger partial charge is 0.352 e. The molecule has 3 aromatic rings. The molecule has 0 aliphatic carbocycles. The number of nitro benzene ring substituents is 1. The van der Waals surface area contributed by atoms with Gasteiger partial charge in [0.15, 0.2) is 0 Å². The Balaban J connectivity index is 2.12. The lowest BCUT2D eigenvalue weighted by molar-refractivity contribution is -0.384. The lowest BCUT2D eigenvalue weighted by Gasteiger charge is -2.34. The highest BCUT2D eigenvalue weighted by molar-refractivity contribution is 7.92. The zero-order valence-corrected chi connectivity index (χ0v) is 24.7. The van der Waals surface area contributed by atoms with Crippen LogP contribution in [0.4, 0.5) is 11.4 Å². The molecule has 0 unspecified atom stereocenters. The van der Waals surface area contributed by atoms with Gasteiger partial charge in [-0.2, -0.15) is 0 Å². The van der Waals surface area contributed by atoms with Crippen molar-refractivity contribution in [1.82, 2.24) is 10.2 Å². The van der Waals surface area contributed by atoms with Gasteiger partial charge < -0.3 is 10.2 Å². The number of hydrogen-bond acceptors (Lipinski definition) is 6. The molecule has 218 valence electrons. The molecule has 0 saturated heterocycles. The molecule has 0 heterocycles. The minimum absolute atomic E-state index is 0.0251. The molecule has 10 nitrogen and oxygen atoms in total. The number of nitrogens with zero attached hydrogens (tertiary/aromatic N) is 3. The summed E-state index contributed by atoms with van der Waals surface area (Å²) in [5, 5.41) is 14.3. The first-order chi connectivity index (χ1) is 19.3. The lowest BCUT2D eigenvalue weighted by atomic mass is 10.0. The van der Waals surface area contributed by atoms with Crippen LogP contribution in [-0.2, 0) is 32.6 Å². The third kappa shape index (κ3) is 8.37. The number of non-ortho nitro benzene ring substituents is 1. The van der Waals surface area contributed by atoms with Gasteiger partial charge in [-0.15, -0.1) is 0 Å². The first kappa shape index (κ1) is 31.3. The number of rotatable bonds is 12. The molecule has 1 atom stereocenters. The van der Waals surface area contributed by atoms with E-state index in [0.717, 1.165) is 33.3 Å². The predicted molar refractivity (Wildman–Crippen MR) is 159 cm³/mol. The van der Waals surface area contributed by atoms with Crippen LogP contribution in [0.3, 0.4) is 0 Å². The van der Waals surface area contributed by atoms with E-state index in [1.165, 1.54) is 17.0 Å². The van der Waals surface area contributed by atoms with Gasteiger partial charge in [-0.05, 0) is 49.9 Å². The average molecular weight is 581 g/mol. The Morgan fingerprint density at radius 3 is 2.17 bits per heavy atom. The van der Waals surface area contributed by atoms with Crippen molar-refractivity contribution in [2.45, 2.75) is 52.7 Å². The van der Waals surface area contributed by atoms with E-state index in [4.69, 9.17) is 0 Å². The molecule has 1 N–H and O–H groups in total. The minimum atomic E-state index is -4.05. The number of benzene rings is 3. The quantitative estimate of drug-likeness (QED) is 0.253. The summed E-state index contributed by atoms with van der Waals surface area (Å²) in [6, 6.07) is 19.4. The van der Waals surface area contributed by atoms with Crippen molar-refractivity contribution in [1.29, 1.82) is 0 Å². The molecule has 3 rings (SSSR count). The number of sulfonamides is 1. The van der Waals surface area contributed by atoms with E-state index >= 15 is 0 Å². The second-order valence-corrected chi connectivity index (χ2v) is 12.2. The second kappa shape index (κ2) is 13.4. The number of nitrogens with one attached hydrogen (secondary N) is 1. The van der Waals surface area contributed by atoms with Gasteiger partial charge in [-0.25, -0.2) is 8.42 Å². The maximum absolute atomic E-state index is 14.1. The predicted octanol–water partition coefficient (Wildman–Crippen LogP) is 4.14. The summed E-state index contributed by atoms with van der Waals surface area (Å²) in [6.45, 7) is 6.56. The molecular formula is C30H36N4O6S. The van der Waals surface area contributed by atoms with Gasteiger partial charge in [0.25, 0.3) is 5.69 Å². The zero-order chi connectivity index (χ0) is 30.3. The lowest BCUT2D eigenvalue weighted by Crippen LogP contribution is -2.54. The number of carbonyl (C=O) groups is 2. The summed E-state index contributed by atoms with van der Waals surface area (Å²) in [5.74, 6) is -0.993. The molecule has 0 bridgehead atoms. The molecule has 11 heteroatoms. The average Bonchev–Trinajstić information content (AvgIpc) is 2.90. The van der Waals surface area contributed by atoms with Gasteiger partial charge in [0.1, 0.15) is 12.6 Å². The normalized spacial score (nSPS) is 12.0. The number of anilines is 1. The Bertz CT molecular complexity index is 1510. The molecule has 0 fully saturated rings. The summed E-state index contributed by atoms with van der Waals surface area (Å²) in [5.41, 5.74) is 2.70. The van der Waals surface area contributed by atoms with Crippen molar-refractivity contribution in [3.05, 3.63) is 105 Å². The summed E-state index contributed by atoms with van der Waals surface area (Å²) in [6.07, 6.45) is 1.14. The Morgan fingerprint density at radius 2 is 1.59 bits per heavy atom. The van der Waals surface area contributed by atoms with Crippen LogP contribution in [0, 0.1) is 24.0 Å². The first-order valence-corrected chi connectivity index (χ1v) is 15.0. The fraction of sp³-hybridized carbons (Fsp3) is 0.333. The van der Waals surface area contributed by atoms with Crippen molar-refractivity contribution in [2.75, 3.05) is 17.1 Å². The Kier molecular flexibility index (Phi) is 10.2. The van der Waals surface area contributed by atoms with Crippen LogP contribution in [0.2, 0.25) is 0 Å². The van der Waals surface area contributed by atoms with E-state index in [1.54, 1.807) is 6.92 Å². The van der Waals surface area contributed by atoms with Crippen LogP contribution in [-0.4, -0.2) is 54.9 Å². The number of hydrogen-bond donors (Lipinski definition) is 1. The summed E-state index contributed by atoms with van der Waals surface area (Å²) >= 11 is 0. The molecule has 0 aromatic heterocycles. The number of amides is 2. The maximum Gasteiger partial charge on any atom is 0.271 e. The van der Waals surface area contributed by atoms with Crippen molar-refractivity contribution < 1.29 is 22.9 Å². The Hall–Kier alpha value is -4.25. The van der Waals surface area contributed by atoms with Gasteiger partial charge >= 0.3 is 0 Å². The molecule has 0 radical (unpaired) electrons. The summed E-state index contributed by atoms with van der Waals surface area (Å²) < 4.78 is 26.8. The van der Waals surface area contributed by atoms with E-state index in [-0.39, 0.29) is 36.3 Å². The molecule has 0 aliphatic heterocycles. The van der Waals surface area contributed by atoms with Gasteiger partial charge in [0.05, 0.1) is 16.9 Å². The second-order valence-electron chi connectivity index (χ2n) is 10.3. The molecule has 0 saturated carbocycles. The molecule has 41 heavy (non-hydrogen) atoms. The number of carbonyl (C=O) groups excluding carboxylic acids is 2. The topological polar surface area (TPSA) is 130 Å². The third-order valence-electron chi connectivity index (χ3n) is 6.66. The van der Waals surface area contributed by atoms with Crippen LogP contribution in [0.25, 0.3) is 0 Å². The summed E-state index contributed by atoms with van der Waals surface area (Å²) in [7, 11) is -4.05. The van der Waals surface area contributed by atoms with Crippen molar-refractivity contribution >= 4 is 33.2 Å². The van der Waals surface area contributed by atoms with Crippen LogP contribution in [0.1, 0.15) is 36.1 Å². The van der Waals surface area contributed by atoms with Gasteiger partial charge in [-0.1, -0.05) is 60.7 Å². The van der Waals surface area contributed by atoms with Gasteiger partial charge in [0.2, 0.25) is 21.8 Å². The van der Waals surface area contributed by atoms with Crippen LogP contribution >= 0.6 is 0 Å². The minimum Gasteiger partial charge on any atom is -0.352 e. The highest BCUT2D eigenvalue weighted by Crippen LogP contribution is 2.28. The Morgan fingerprint density at radius 1 is 0.951 bits per heavy atom. The molecule has 0 spiro atoms. The molecular weight excluding hydrogens is 544 g/mol. The fourth-order valence-corrected chi connectivity index (χ4v) is 5.38. The summed E-state index contributed by atoms with van der Waals surface area (Å²) in [4.78, 5) is 40.0. The van der Waals surface area contributed by atoms with E-state index in [2.05, 4.69) is 5.32 Å². The van der Waals surface area contributed by atoms with Gasteiger partial charge in [-0.3, -0.25) is 24.0 Å². The molecule has 2 amide bonds. The van der Waals surface area contributed by atoms with Crippen LogP contribution in [0.5, 0.6) is 0 Å². The van der Waals surface area contributed by atoms with Crippen molar-refractivity contribution in [2.24, 2.45) is 0 Å². The first-order valence-electron chi connectivity index (χ1n) is 13.2. The van der Waals surface area contributed by atoms with Crippen molar-refractivity contribution in [3.63, 3.8) is 0 Å². The van der Waals surface area contributed by atoms with E-state index < -0.39 is 33.4 Å². The highest BCUT2D eigenvalue weighted by Gasteiger charge is 2.34. The SMILES string of the molecule is Cc1ccccc1CN(C(=O)CN(c1cc([N+](=O)[O-])ccc1C)S(C)(=O)=O)[C@H](Cc1ccccc1)C(=O)NC(C)C. The number of aryl methyl sites for hydroxylation is 2. The van der Waals surface area contributed by atoms with Crippen LogP contribution in [0.15, 0.2) is 72.8 Å². The number of nitro groups is 1. The Labute approximate surface area is 241 Å². The smallest absolute Gasteiger partial charge is 0.271 e. The van der Waals surface area contributed by atoms with E-state index in [1.807, 2.05) is 75.4 Å². The maximum atomic E-state index is 14.1. The standard InChI is InChI=1S/C30H36N4O6S/c1-21(2)31-30(36)28(17-24-12-7-6-8-13-24)32(19-25-14-10-9-11-22(25)3)29(35)20-33(41(5,39)40)27-18-26(34(37)38)16-15-23(27)4/h6-16,18,21,28H,17,19-20H2,1-5H3,(H,31,36)/t28-/m1/s1. The van der Waals surface area contributed by atoms with E-state index in [0.29, 0.717) is 5.56 Å². The molecule has 3 aromatic carbocycles. The highest BCUT2D eigenvalue weighted by atomic mass is 32.2. The van der Waals surface area contributed by atoms with E-state index in [9.17, 15) is 28.1 Å². The molecule has 0 aliphatic rings.